The summed E-state index contributed by atoms with van der Waals surface area (Å²) in [6.07, 6.45) is 2.02. The van der Waals surface area contributed by atoms with Crippen LogP contribution in [0.3, 0.4) is 0 Å². The van der Waals surface area contributed by atoms with E-state index in [2.05, 4.69) is 15.9 Å². The molecule has 0 aromatic heterocycles. The molecule has 2 aromatic rings. The monoisotopic (exact) mass is 354 g/mol. The number of hydrogen-bond acceptors (Lipinski definition) is 2. The summed E-state index contributed by atoms with van der Waals surface area (Å²) in [7, 11) is 0. The van der Waals surface area contributed by atoms with Crippen molar-refractivity contribution in [3.05, 3.63) is 64.7 Å². The molecule has 98 valence electrons. The molecule has 0 heterocycles. The van der Waals surface area contributed by atoms with Crippen LogP contribution in [-0.2, 0) is 0 Å². The molecule has 0 aliphatic rings. The van der Waals surface area contributed by atoms with Crippen molar-refractivity contribution < 1.29 is 4.79 Å². The first-order valence-corrected chi connectivity index (χ1v) is 8.22. The van der Waals surface area contributed by atoms with E-state index in [4.69, 9.17) is 11.6 Å². The minimum absolute atomic E-state index is 0.0255. The van der Waals surface area contributed by atoms with Gasteiger partial charge in [-0.05, 0) is 36.1 Å². The van der Waals surface area contributed by atoms with Crippen molar-refractivity contribution >= 4 is 45.1 Å². The molecule has 0 fully saturated rings. The van der Waals surface area contributed by atoms with E-state index in [1.807, 2.05) is 42.7 Å². The number of thioether (sulfide) groups is 1. The van der Waals surface area contributed by atoms with Crippen LogP contribution in [0.1, 0.15) is 20.7 Å². The third-order valence-electron chi connectivity index (χ3n) is 2.78. The number of carbonyl (C=O) groups excluding carboxylic acids is 1. The van der Waals surface area contributed by atoms with Crippen LogP contribution in [0.4, 0.5) is 0 Å². The van der Waals surface area contributed by atoms with E-state index < -0.39 is 0 Å². The van der Waals surface area contributed by atoms with E-state index in [1.165, 1.54) is 4.90 Å². The Kier molecular flexibility index (Phi) is 5.08. The van der Waals surface area contributed by atoms with Crippen molar-refractivity contribution in [1.29, 1.82) is 0 Å². The molecule has 2 rings (SSSR count). The van der Waals surface area contributed by atoms with E-state index in [1.54, 1.807) is 23.9 Å². The van der Waals surface area contributed by atoms with Crippen LogP contribution in [0, 0.1) is 0 Å². The molecule has 4 heteroatoms. The van der Waals surface area contributed by atoms with E-state index in [-0.39, 0.29) is 10.6 Å². The second-order valence-electron chi connectivity index (χ2n) is 3.98. The summed E-state index contributed by atoms with van der Waals surface area (Å²) in [6.45, 7) is 0. The zero-order chi connectivity index (χ0) is 13.8. The van der Waals surface area contributed by atoms with Crippen LogP contribution in [0.5, 0.6) is 0 Å². The normalized spacial score (nSPS) is 12.2. The van der Waals surface area contributed by atoms with Crippen LogP contribution in [-0.4, -0.2) is 12.0 Å². The fraction of sp³-hybridized carbons (Fsp3) is 0.133. The van der Waals surface area contributed by atoms with E-state index in [0.717, 1.165) is 5.56 Å². The van der Waals surface area contributed by atoms with Crippen molar-refractivity contribution in [1.82, 2.24) is 0 Å². The summed E-state index contributed by atoms with van der Waals surface area (Å²) in [5.74, 6) is -0.0255. The van der Waals surface area contributed by atoms with E-state index in [0.29, 0.717) is 10.6 Å². The molecule has 2 aromatic carbocycles. The number of alkyl halides is 1. The van der Waals surface area contributed by atoms with Crippen LogP contribution in [0.15, 0.2) is 53.4 Å². The summed E-state index contributed by atoms with van der Waals surface area (Å²) in [5.41, 5.74) is 1.47. The topological polar surface area (TPSA) is 17.1 Å². The standard InChI is InChI=1S/C15H12BrClOS/c1-19-11-8-6-10(7-9-11)14(16)15(18)12-4-2-3-5-13(12)17/h2-9,14H,1H3. The van der Waals surface area contributed by atoms with Crippen LogP contribution in [0.25, 0.3) is 0 Å². The van der Waals surface area contributed by atoms with E-state index in [9.17, 15) is 4.79 Å². The SMILES string of the molecule is CSc1ccc(C(Br)C(=O)c2ccccc2Cl)cc1. The Labute approximate surface area is 130 Å². The predicted molar refractivity (Wildman–Crippen MR) is 85.7 cm³/mol. The smallest absolute Gasteiger partial charge is 0.182 e. The van der Waals surface area contributed by atoms with Gasteiger partial charge in [0.2, 0.25) is 0 Å². The van der Waals surface area contributed by atoms with Crippen molar-refractivity contribution in [2.45, 2.75) is 9.72 Å². The molecule has 1 nitrogen and oxygen atoms in total. The van der Waals surface area contributed by atoms with Gasteiger partial charge in [0.15, 0.2) is 5.78 Å². The van der Waals surface area contributed by atoms with Crippen LogP contribution >= 0.6 is 39.3 Å². The highest BCUT2D eigenvalue weighted by atomic mass is 79.9. The molecule has 0 saturated carbocycles. The summed E-state index contributed by atoms with van der Waals surface area (Å²) in [6, 6.07) is 15.0. The van der Waals surface area contributed by atoms with Crippen molar-refractivity contribution in [3.8, 4) is 0 Å². The molecular formula is C15H12BrClOS. The van der Waals surface area contributed by atoms with Gasteiger partial charge in [-0.3, -0.25) is 4.79 Å². The van der Waals surface area contributed by atoms with Gasteiger partial charge in [0.25, 0.3) is 0 Å². The summed E-state index contributed by atoms with van der Waals surface area (Å²) < 4.78 is 0. The molecule has 0 radical (unpaired) electrons. The first-order chi connectivity index (χ1) is 9.13. The van der Waals surface area contributed by atoms with Gasteiger partial charge in [-0.1, -0.05) is 51.8 Å². The number of rotatable bonds is 4. The molecule has 0 saturated heterocycles. The van der Waals surface area contributed by atoms with Crippen molar-refractivity contribution in [2.75, 3.05) is 6.26 Å². The number of hydrogen-bond donors (Lipinski definition) is 0. The predicted octanol–water partition coefficient (Wildman–Crippen LogP) is 5.38. The summed E-state index contributed by atoms with van der Waals surface area (Å²) >= 11 is 11.2. The number of ketones is 1. The number of Topliss-reactive ketones (excluding diaryl/α,β-unsaturated/α-hetero) is 1. The molecule has 0 N–H and O–H groups in total. The van der Waals surface area contributed by atoms with Crippen molar-refractivity contribution in [3.63, 3.8) is 0 Å². The Bertz CT molecular complexity index is 583. The Morgan fingerprint density at radius 1 is 1.16 bits per heavy atom. The molecular weight excluding hydrogens is 344 g/mol. The Morgan fingerprint density at radius 3 is 2.37 bits per heavy atom. The second-order valence-corrected chi connectivity index (χ2v) is 6.18. The Balaban J connectivity index is 2.26. The van der Waals surface area contributed by atoms with Gasteiger partial charge in [0, 0.05) is 10.5 Å². The molecule has 0 bridgehead atoms. The number of benzene rings is 2. The number of carbonyl (C=O) groups is 1. The summed E-state index contributed by atoms with van der Waals surface area (Å²) in [5, 5.41) is 0.484. The fourth-order valence-electron chi connectivity index (χ4n) is 1.72. The van der Waals surface area contributed by atoms with Gasteiger partial charge in [0.1, 0.15) is 4.83 Å². The second kappa shape index (κ2) is 6.60. The molecule has 1 unspecified atom stereocenters. The number of halogens is 2. The lowest BCUT2D eigenvalue weighted by Gasteiger charge is -2.11. The zero-order valence-corrected chi connectivity index (χ0v) is 13.4. The maximum atomic E-state index is 12.4. The minimum Gasteiger partial charge on any atom is -0.292 e. The highest BCUT2D eigenvalue weighted by Gasteiger charge is 2.20. The molecule has 0 amide bonds. The highest BCUT2D eigenvalue weighted by molar-refractivity contribution is 9.09. The molecule has 0 aliphatic carbocycles. The molecule has 0 aliphatic heterocycles. The fourth-order valence-corrected chi connectivity index (χ4v) is 2.91. The Morgan fingerprint density at radius 2 is 1.79 bits per heavy atom. The lowest BCUT2D eigenvalue weighted by atomic mass is 10.0. The third-order valence-corrected chi connectivity index (χ3v) is 4.80. The van der Waals surface area contributed by atoms with Crippen molar-refractivity contribution in [2.24, 2.45) is 0 Å². The molecule has 19 heavy (non-hydrogen) atoms. The van der Waals surface area contributed by atoms with Gasteiger partial charge in [-0.25, -0.2) is 0 Å². The maximum Gasteiger partial charge on any atom is 0.182 e. The average Bonchev–Trinajstić information content (AvgIpc) is 2.46. The quantitative estimate of drug-likeness (QED) is 0.416. The van der Waals surface area contributed by atoms with Crippen LogP contribution in [0.2, 0.25) is 5.02 Å². The lowest BCUT2D eigenvalue weighted by Crippen LogP contribution is -2.07. The van der Waals surface area contributed by atoms with Gasteiger partial charge in [-0.2, -0.15) is 0 Å². The van der Waals surface area contributed by atoms with Gasteiger partial charge in [0.05, 0.1) is 5.02 Å². The lowest BCUT2D eigenvalue weighted by molar-refractivity contribution is 0.0991. The van der Waals surface area contributed by atoms with E-state index >= 15 is 0 Å². The zero-order valence-electron chi connectivity index (χ0n) is 10.3. The van der Waals surface area contributed by atoms with Gasteiger partial charge in [-0.15, -0.1) is 11.8 Å². The largest absolute Gasteiger partial charge is 0.292 e. The Hall–Kier alpha value is -0.770. The minimum atomic E-state index is -0.372. The third kappa shape index (κ3) is 3.41. The average molecular weight is 356 g/mol. The summed E-state index contributed by atoms with van der Waals surface area (Å²) in [4.78, 5) is 13.2. The first-order valence-electron chi connectivity index (χ1n) is 5.70. The van der Waals surface area contributed by atoms with Crippen LogP contribution < -0.4 is 0 Å². The highest BCUT2D eigenvalue weighted by Crippen LogP contribution is 2.30. The molecule has 1 atom stereocenters. The van der Waals surface area contributed by atoms with Gasteiger partial charge >= 0.3 is 0 Å². The first kappa shape index (κ1) is 14.6. The van der Waals surface area contributed by atoms with Gasteiger partial charge < -0.3 is 0 Å². The molecule has 0 spiro atoms. The maximum absolute atomic E-state index is 12.4.